The Morgan fingerprint density at radius 3 is 2.52 bits per heavy atom. The fourth-order valence-corrected chi connectivity index (χ4v) is 3.23. The van der Waals surface area contributed by atoms with Gasteiger partial charge < -0.3 is 5.73 Å². The number of fused-ring (bicyclic) bond motifs is 1. The van der Waals surface area contributed by atoms with Crippen LogP contribution in [0.3, 0.4) is 0 Å². The van der Waals surface area contributed by atoms with Gasteiger partial charge in [0.05, 0.1) is 5.69 Å². The summed E-state index contributed by atoms with van der Waals surface area (Å²) in [4.78, 5) is 0.881. The van der Waals surface area contributed by atoms with Crippen molar-refractivity contribution in [2.24, 2.45) is 0 Å². The topological polar surface area (TPSA) is 56.2 Å². The van der Waals surface area contributed by atoms with Gasteiger partial charge in [0.25, 0.3) is 0 Å². The van der Waals surface area contributed by atoms with Gasteiger partial charge in [-0.15, -0.1) is 21.5 Å². The number of hydrogen-bond acceptors (Lipinski definition) is 4. The summed E-state index contributed by atoms with van der Waals surface area (Å²) in [7, 11) is 0. The van der Waals surface area contributed by atoms with Crippen LogP contribution in [0, 0.1) is 0 Å². The molecule has 0 spiro atoms. The minimum Gasteiger partial charge on any atom is -0.399 e. The predicted octanol–water partition coefficient (Wildman–Crippen LogP) is 3.71. The third-order valence-electron chi connectivity index (χ3n) is 3.36. The van der Waals surface area contributed by atoms with Crippen LogP contribution in [-0.4, -0.2) is 14.6 Å². The molecule has 0 aliphatic rings. The number of hydrogen-bond donors (Lipinski definition) is 1. The standard InChI is InChI=1S/C16H12N4S/c17-13-8-4-7-12(9-13)15-18-19-16-20(15)14(10-21-16)11-5-2-1-3-6-11/h1-10H,17H2. The average molecular weight is 292 g/mol. The summed E-state index contributed by atoms with van der Waals surface area (Å²) >= 11 is 1.59. The van der Waals surface area contributed by atoms with Crippen LogP contribution in [0.2, 0.25) is 0 Å². The summed E-state index contributed by atoms with van der Waals surface area (Å²) in [5.41, 5.74) is 9.81. The molecule has 2 aromatic carbocycles. The van der Waals surface area contributed by atoms with Crippen molar-refractivity contribution in [3.8, 4) is 22.6 Å². The Labute approximate surface area is 125 Å². The van der Waals surface area contributed by atoms with E-state index in [0.29, 0.717) is 0 Å². The van der Waals surface area contributed by atoms with Crippen molar-refractivity contribution in [3.63, 3.8) is 0 Å². The molecule has 4 nitrogen and oxygen atoms in total. The molecule has 0 radical (unpaired) electrons. The van der Waals surface area contributed by atoms with Gasteiger partial charge in [-0.05, 0) is 17.7 Å². The highest BCUT2D eigenvalue weighted by Crippen LogP contribution is 2.30. The lowest BCUT2D eigenvalue weighted by molar-refractivity contribution is 1.11. The van der Waals surface area contributed by atoms with Gasteiger partial charge in [0, 0.05) is 16.6 Å². The first-order chi connectivity index (χ1) is 10.3. The maximum absolute atomic E-state index is 5.88. The van der Waals surface area contributed by atoms with Crippen LogP contribution in [0.15, 0.2) is 60.0 Å². The Kier molecular flexibility index (Phi) is 2.72. The molecule has 0 bridgehead atoms. The van der Waals surface area contributed by atoms with Crippen molar-refractivity contribution in [2.75, 3.05) is 5.73 Å². The number of aromatic nitrogens is 3. The van der Waals surface area contributed by atoms with Gasteiger partial charge in [-0.3, -0.25) is 4.40 Å². The van der Waals surface area contributed by atoms with Crippen molar-refractivity contribution >= 4 is 22.0 Å². The Balaban J connectivity index is 1.98. The van der Waals surface area contributed by atoms with Crippen LogP contribution < -0.4 is 5.73 Å². The first-order valence-electron chi connectivity index (χ1n) is 6.57. The molecule has 0 amide bonds. The van der Waals surface area contributed by atoms with E-state index < -0.39 is 0 Å². The number of anilines is 1. The highest BCUT2D eigenvalue weighted by Gasteiger charge is 2.14. The third-order valence-corrected chi connectivity index (χ3v) is 4.18. The number of nitrogens with two attached hydrogens (primary N) is 1. The van der Waals surface area contributed by atoms with E-state index in [2.05, 4.69) is 32.1 Å². The molecule has 102 valence electrons. The molecule has 0 aliphatic heterocycles. The van der Waals surface area contributed by atoms with Crippen LogP contribution >= 0.6 is 11.3 Å². The van der Waals surface area contributed by atoms with E-state index >= 15 is 0 Å². The second kappa shape index (κ2) is 4.71. The Bertz CT molecular complexity index is 908. The van der Waals surface area contributed by atoms with Gasteiger partial charge in [0.15, 0.2) is 5.82 Å². The number of rotatable bonds is 2. The van der Waals surface area contributed by atoms with Crippen molar-refractivity contribution in [3.05, 3.63) is 60.0 Å². The number of benzene rings is 2. The Morgan fingerprint density at radius 2 is 1.71 bits per heavy atom. The molecular weight excluding hydrogens is 280 g/mol. The summed E-state index contributed by atoms with van der Waals surface area (Å²) < 4.78 is 2.08. The van der Waals surface area contributed by atoms with Gasteiger partial charge in [-0.2, -0.15) is 0 Å². The van der Waals surface area contributed by atoms with E-state index in [0.717, 1.165) is 33.3 Å². The van der Waals surface area contributed by atoms with E-state index in [-0.39, 0.29) is 0 Å². The van der Waals surface area contributed by atoms with Gasteiger partial charge in [-0.1, -0.05) is 42.5 Å². The maximum Gasteiger partial charge on any atom is 0.216 e. The van der Waals surface area contributed by atoms with E-state index in [1.807, 2.05) is 42.5 Å². The fraction of sp³-hybridized carbons (Fsp3) is 0. The SMILES string of the molecule is Nc1cccc(-c2nnc3scc(-c4ccccc4)n23)c1. The molecule has 0 unspecified atom stereocenters. The molecule has 21 heavy (non-hydrogen) atoms. The van der Waals surface area contributed by atoms with Crippen molar-refractivity contribution < 1.29 is 0 Å². The van der Waals surface area contributed by atoms with Crippen LogP contribution in [0.5, 0.6) is 0 Å². The van der Waals surface area contributed by atoms with Gasteiger partial charge in [0.1, 0.15) is 0 Å². The van der Waals surface area contributed by atoms with Crippen molar-refractivity contribution in [2.45, 2.75) is 0 Å². The summed E-state index contributed by atoms with van der Waals surface area (Å²) in [6.07, 6.45) is 0. The lowest BCUT2D eigenvalue weighted by Gasteiger charge is -2.04. The molecule has 0 atom stereocenters. The smallest absolute Gasteiger partial charge is 0.216 e. The Hall–Kier alpha value is -2.66. The van der Waals surface area contributed by atoms with E-state index in [4.69, 9.17) is 5.73 Å². The largest absolute Gasteiger partial charge is 0.399 e. The van der Waals surface area contributed by atoms with Crippen molar-refractivity contribution in [1.29, 1.82) is 0 Å². The summed E-state index contributed by atoms with van der Waals surface area (Å²) in [6.45, 7) is 0. The zero-order valence-electron chi connectivity index (χ0n) is 11.1. The minimum absolute atomic E-state index is 0.723. The highest BCUT2D eigenvalue weighted by atomic mass is 32.1. The van der Waals surface area contributed by atoms with Crippen LogP contribution in [0.25, 0.3) is 27.6 Å². The Morgan fingerprint density at radius 1 is 0.905 bits per heavy atom. The molecule has 4 aromatic rings. The molecule has 2 N–H and O–H groups in total. The predicted molar refractivity (Wildman–Crippen MR) is 86.1 cm³/mol. The van der Waals surface area contributed by atoms with E-state index in [9.17, 15) is 0 Å². The second-order valence-electron chi connectivity index (χ2n) is 4.75. The van der Waals surface area contributed by atoms with Gasteiger partial charge >= 0.3 is 0 Å². The van der Waals surface area contributed by atoms with E-state index in [1.165, 1.54) is 0 Å². The first-order valence-corrected chi connectivity index (χ1v) is 7.45. The zero-order valence-corrected chi connectivity index (χ0v) is 11.9. The maximum atomic E-state index is 5.88. The summed E-state index contributed by atoms with van der Waals surface area (Å²) in [5, 5.41) is 10.7. The van der Waals surface area contributed by atoms with Crippen molar-refractivity contribution in [1.82, 2.24) is 14.6 Å². The van der Waals surface area contributed by atoms with Crippen LogP contribution in [0.1, 0.15) is 0 Å². The molecule has 0 saturated carbocycles. The highest BCUT2D eigenvalue weighted by molar-refractivity contribution is 7.15. The minimum atomic E-state index is 0.723. The number of thiazole rings is 1. The van der Waals surface area contributed by atoms with Crippen LogP contribution in [-0.2, 0) is 0 Å². The normalized spacial score (nSPS) is 11.0. The third kappa shape index (κ3) is 1.98. The lowest BCUT2D eigenvalue weighted by Crippen LogP contribution is -1.92. The zero-order chi connectivity index (χ0) is 14.2. The molecule has 2 heterocycles. The molecule has 0 saturated heterocycles. The number of nitrogen functional groups attached to an aromatic ring is 1. The molecule has 2 aromatic heterocycles. The molecule has 0 fully saturated rings. The lowest BCUT2D eigenvalue weighted by atomic mass is 10.1. The van der Waals surface area contributed by atoms with Crippen LogP contribution in [0.4, 0.5) is 5.69 Å². The molecular formula is C16H12N4S. The number of nitrogens with zero attached hydrogens (tertiary/aromatic N) is 3. The first kappa shape index (κ1) is 12.1. The molecule has 0 aliphatic carbocycles. The van der Waals surface area contributed by atoms with Gasteiger partial charge in [0.2, 0.25) is 4.96 Å². The van der Waals surface area contributed by atoms with E-state index in [1.54, 1.807) is 11.3 Å². The fourth-order valence-electron chi connectivity index (χ4n) is 2.40. The quantitative estimate of drug-likeness (QED) is 0.573. The van der Waals surface area contributed by atoms with Gasteiger partial charge in [-0.25, -0.2) is 0 Å². The monoisotopic (exact) mass is 292 g/mol. The summed E-state index contributed by atoms with van der Waals surface area (Å²) in [5.74, 6) is 0.817. The summed E-state index contributed by atoms with van der Waals surface area (Å²) in [6, 6.07) is 18.0. The second-order valence-corrected chi connectivity index (χ2v) is 5.59. The molecule has 5 heteroatoms. The molecule has 4 rings (SSSR count). The average Bonchev–Trinajstić information content (AvgIpc) is 3.09.